The Balaban J connectivity index is 2.10. The Bertz CT molecular complexity index is 740. The lowest BCUT2D eigenvalue weighted by atomic mass is 10.1. The molecule has 1 aliphatic carbocycles. The second kappa shape index (κ2) is 7.31. The molecule has 1 aromatic rings. The second-order valence-corrected chi connectivity index (χ2v) is 8.19. The van der Waals surface area contributed by atoms with Crippen LogP contribution in [0.4, 0.5) is 0 Å². The zero-order chi connectivity index (χ0) is 17.9. The molecule has 132 valence electrons. The standard InChI is InChI=1S/C16H23N3O4S/c1-10(2)8-15(20)17-18-16(21)14-9-13(7-4-11(14)3)24(22,23)19-12-5-6-12/h4,7,9-10,12,19H,5-6,8H2,1-3H3,(H,17,20)(H,18,21). The zero-order valence-electron chi connectivity index (χ0n) is 14.0. The number of carbonyl (C=O) groups is 2. The number of amides is 2. The number of hydrogen-bond acceptors (Lipinski definition) is 4. The number of benzene rings is 1. The molecule has 7 nitrogen and oxygen atoms in total. The first-order valence-corrected chi connectivity index (χ1v) is 9.39. The van der Waals surface area contributed by atoms with Gasteiger partial charge in [0.05, 0.1) is 4.90 Å². The molecule has 1 fully saturated rings. The highest BCUT2D eigenvalue weighted by molar-refractivity contribution is 7.89. The minimum atomic E-state index is -3.63. The molecule has 3 N–H and O–H groups in total. The third kappa shape index (κ3) is 5.04. The number of hydrazine groups is 1. The summed E-state index contributed by atoms with van der Waals surface area (Å²) in [5.41, 5.74) is 5.49. The smallest absolute Gasteiger partial charge is 0.269 e. The number of sulfonamides is 1. The Hall–Kier alpha value is -1.93. The molecule has 24 heavy (non-hydrogen) atoms. The van der Waals surface area contributed by atoms with Crippen molar-refractivity contribution in [1.82, 2.24) is 15.6 Å². The summed E-state index contributed by atoms with van der Waals surface area (Å²) < 4.78 is 27.1. The highest BCUT2D eigenvalue weighted by Gasteiger charge is 2.28. The number of carbonyl (C=O) groups excluding carboxylic acids is 2. The van der Waals surface area contributed by atoms with Crippen molar-refractivity contribution in [1.29, 1.82) is 0 Å². The Morgan fingerprint density at radius 2 is 1.88 bits per heavy atom. The Morgan fingerprint density at radius 3 is 2.46 bits per heavy atom. The molecular weight excluding hydrogens is 330 g/mol. The normalized spacial score (nSPS) is 14.5. The van der Waals surface area contributed by atoms with Gasteiger partial charge in [-0.25, -0.2) is 13.1 Å². The van der Waals surface area contributed by atoms with Gasteiger partial charge in [-0.05, 0) is 43.4 Å². The van der Waals surface area contributed by atoms with E-state index in [-0.39, 0.29) is 28.3 Å². The van der Waals surface area contributed by atoms with Crippen LogP contribution in [-0.2, 0) is 14.8 Å². The third-order valence-corrected chi connectivity index (χ3v) is 5.09. The van der Waals surface area contributed by atoms with E-state index < -0.39 is 15.9 Å². The molecule has 1 aliphatic rings. The lowest BCUT2D eigenvalue weighted by Crippen LogP contribution is -2.42. The highest BCUT2D eigenvalue weighted by Crippen LogP contribution is 2.23. The first-order valence-electron chi connectivity index (χ1n) is 7.91. The van der Waals surface area contributed by atoms with Crippen LogP contribution in [0.1, 0.15) is 49.0 Å². The maximum Gasteiger partial charge on any atom is 0.269 e. The molecule has 0 radical (unpaired) electrons. The van der Waals surface area contributed by atoms with E-state index in [1.165, 1.54) is 12.1 Å². The van der Waals surface area contributed by atoms with E-state index in [2.05, 4.69) is 15.6 Å². The molecule has 0 spiro atoms. The van der Waals surface area contributed by atoms with Gasteiger partial charge in [-0.15, -0.1) is 0 Å². The van der Waals surface area contributed by atoms with Crippen molar-refractivity contribution in [3.05, 3.63) is 29.3 Å². The number of aryl methyl sites for hydroxylation is 1. The van der Waals surface area contributed by atoms with Crippen molar-refractivity contribution in [2.75, 3.05) is 0 Å². The van der Waals surface area contributed by atoms with Gasteiger partial charge in [0.1, 0.15) is 0 Å². The van der Waals surface area contributed by atoms with Gasteiger partial charge < -0.3 is 0 Å². The lowest BCUT2D eigenvalue weighted by molar-refractivity contribution is -0.122. The van der Waals surface area contributed by atoms with Crippen molar-refractivity contribution >= 4 is 21.8 Å². The predicted molar refractivity (Wildman–Crippen MR) is 89.6 cm³/mol. The van der Waals surface area contributed by atoms with Crippen molar-refractivity contribution < 1.29 is 18.0 Å². The van der Waals surface area contributed by atoms with Gasteiger partial charge in [0.15, 0.2) is 0 Å². The van der Waals surface area contributed by atoms with Crippen molar-refractivity contribution in [2.24, 2.45) is 5.92 Å². The van der Waals surface area contributed by atoms with E-state index in [1.807, 2.05) is 13.8 Å². The molecule has 0 aliphatic heterocycles. The highest BCUT2D eigenvalue weighted by atomic mass is 32.2. The lowest BCUT2D eigenvalue weighted by Gasteiger charge is -2.12. The van der Waals surface area contributed by atoms with Crippen molar-refractivity contribution in [3.63, 3.8) is 0 Å². The summed E-state index contributed by atoms with van der Waals surface area (Å²) in [4.78, 5) is 23.9. The zero-order valence-corrected chi connectivity index (χ0v) is 14.9. The van der Waals surface area contributed by atoms with Gasteiger partial charge in [0.2, 0.25) is 15.9 Å². The van der Waals surface area contributed by atoms with Crippen LogP contribution in [0.5, 0.6) is 0 Å². The largest absolute Gasteiger partial charge is 0.273 e. The van der Waals surface area contributed by atoms with E-state index in [4.69, 9.17) is 0 Å². The predicted octanol–water partition coefficient (Wildman–Crippen LogP) is 1.24. The summed E-state index contributed by atoms with van der Waals surface area (Å²) in [7, 11) is -3.63. The molecule has 0 atom stereocenters. The summed E-state index contributed by atoms with van der Waals surface area (Å²) in [6.07, 6.45) is 1.96. The van der Waals surface area contributed by atoms with Crippen LogP contribution < -0.4 is 15.6 Å². The third-order valence-electron chi connectivity index (χ3n) is 3.57. The van der Waals surface area contributed by atoms with E-state index >= 15 is 0 Å². The maximum atomic E-state index is 12.2. The quantitative estimate of drug-likeness (QED) is 0.669. The fraction of sp³-hybridized carbons (Fsp3) is 0.500. The molecule has 0 unspecified atom stereocenters. The van der Waals surface area contributed by atoms with Gasteiger partial charge >= 0.3 is 0 Å². The molecule has 8 heteroatoms. The maximum absolute atomic E-state index is 12.2. The van der Waals surface area contributed by atoms with Crippen molar-refractivity contribution in [3.8, 4) is 0 Å². The van der Waals surface area contributed by atoms with Crippen LogP contribution >= 0.6 is 0 Å². The van der Waals surface area contributed by atoms with Crippen LogP contribution in [0.2, 0.25) is 0 Å². The molecule has 0 aromatic heterocycles. The van der Waals surface area contributed by atoms with Gasteiger partial charge in [0, 0.05) is 18.0 Å². The SMILES string of the molecule is Cc1ccc(S(=O)(=O)NC2CC2)cc1C(=O)NNC(=O)CC(C)C. The van der Waals surface area contributed by atoms with Crippen LogP contribution in [-0.4, -0.2) is 26.3 Å². The summed E-state index contributed by atoms with van der Waals surface area (Å²) in [5.74, 6) is -0.672. The number of hydrogen-bond donors (Lipinski definition) is 3. The number of nitrogens with one attached hydrogen (secondary N) is 3. The average molecular weight is 353 g/mol. The van der Waals surface area contributed by atoms with Crippen LogP contribution in [0.25, 0.3) is 0 Å². The number of rotatable bonds is 6. The van der Waals surface area contributed by atoms with E-state index in [0.29, 0.717) is 12.0 Å². The minimum absolute atomic E-state index is 0.0103. The van der Waals surface area contributed by atoms with Gasteiger partial charge in [-0.2, -0.15) is 0 Å². The van der Waals surface area contributed by atoms with Gasteiger partial charge in [-0.3, -0.25) is 20.4 Å². The first-order chi connectivity index (χ1) is 11.2. The second-order valence-electron chi connectivity index (χ2n) is 6.47. The van der Waals surface area contributed by atoms with Gasteiger partial charge in [-0.1, -0.05) is 19.9 Å². The van der Waals surface area contributed by atoms with Crippen molar-refractivity contribution in [2.45, 2.75) is 51.0 Å². The topological polar surface area (TPSA) is 104 Å². The van der Waals surface area contributed by atoms with Crippen LogP contribution in [0.3, 0.4) is 0 Å². The molecule has 1 aromatic carbocycles. The molecule has 0 bridgehead atoms. The summed E-state index contributed by atoms with van der Waals surface area (Å²) >= 11 is 0. The molecule has 1 saturated carbocycles. The van der Waals surface area contributed by atoms with Gasteiger partial charge in [0.25, 0.3) is 5.91 Å². The molecular formula is C16H23N3O4S. The summed E-state index contributed by atoms with van der Waals surface area (Å²) in [6, 6.07) is 4.36. The molecule has 0 saturated heterocycles. The fourth-order valence-electron chi connectivity index (χ4n) is 2.12. The summed E-state index contributed by atoms with van der Waals surface area (Å²) in [6.45, 7) is 5.50. The Kier molecular flexibility index (Phi) is 5.61. The Labute approximate surface area is 142 Å². The van der Waals surface area contributed by atoms with E-state index in [9.17, 15) is 18.0 Å². The first kappa shape index (κ1) is 18.4. The monoisotopic (exact) mass is 353 g/mol. The van der Waals surface area contributed by atoms with E-state index in [0.717, 1.165) is 12.8 Å². The van der Waals surface area contributed by atoms with Crippen LogP contribution in [0, 0.1) is 12.8 Å². The average Bonchev–Trinajstić information content (AvgIpc) is 3.27. The molecule has 2 amide bonds. The van der Waals surface area contributed by atoms with E-state index in [1.54, 1.807) is 13.0 Å². The molecule has 0 heterocycles. The minimum Gasteiger partial charge on any atom is -0.273 e. The molecule has 2 rings (SSSR count). The summed E-state index contributed by atoms with van der Waals surface area (Å²) in [5, 5.41) is 0. The fourth-order valence-corrected chi connectivity index (χ4v) is 3.45. The Morgan fingerprint density at radius 1 is 1.21 bits per heavy atom. The van der Waals surface area contributed by atoms with Crippen LogP contribution in [0.15, 0.2) is 23.1 Å².